The second kappa shape index (κ2) is 18.8. The van der Waals surface area contributed by atoms with Crippen LogP contribution in [-0.2, 0) is 40.3 Å². The summed E-state index contributed by atoms with van der Waals surface area (Å²) in [5.41, 5.74) is 6.64. The Kier molecular flexibility index (Phi) is 15.1. The molecule has 1 aliphatic carbocycles. The van der Waals surface area contributed by atoms with E-state index in [1.165, 1.54) is 4.31 Å². The third kappa shape index (κ3) is 10.1. The molecule has 57 heavy (non-hydrogen) atoms. The molecular weight excluding hydrogens is 830 g/mol. The van der Waals surface area contributed by atoms with Gasteiger partial charge < -0.3 is 4.90 Å². The van der Waals surface area contributed by atoms with E-state index in [1.54, 1.807) is 0 Å². The average molecular weight is 884 g/mol. The zero-order valence-electron chi connectivity index (χ0n) is 33.4. The van der Waals surface area contributed by atoms with Crippen LogP contribution >= 0.6 is 35.2 Å². The van der Waals surface area contributed by atoms with Gasteiger partial charge in [-0.05, 0) is 99.1 Å². The maximum absolute atomic E-state index is 14.5. The fraction of sp³-hybridized carbons (Fsp3) is 0.488. The molecule has 312 valence electrons. The molecule has 2 aromatic rings. The number of sulfonamides is 1. The van der Waals surface area contributed by atoms with Gasteiger partial charge in [0.1, 0.15) is 6.54 Å². The van der Waals surface area contributed by atoms with Crippen LogP contribution in [-0.4, -0.2) is 78.9 Å². The average Bonchev–Trinajstić information content (AvgIpc) is 3.71. The Balaban J connectivity index is 1.58. The normalized spacial score (nSPS) is 19.3. The lowest BCUT2D eigenvalue weighted by atomic mass is 9.81. The van der Waals surface area contributed by atoms with Gasteiger partial charge in [-0.2, -0.15) is 17.3 Å². The number of allylic oxidation sites excluding steroid dienone is 7. The standard InChI is InChI=1S/C41H53Cl2N3O8S3/c1-7-44(8-2)57(51,52)39-29(15-21-37-40(3,4)33-27-31(42)17-19-35(33)45(37)23-9-11-25-55-54-53-47)13-14-30(39)16-22-38-41(5,6)34-28-32(43)18-20-36(34)46(38)24-10-12-26-56(48,49)50/h15-22,27-28H,7-14,23-26H2,1-6H3,(H-,47,48,49,50)/p+1. The molecule has 2 N–H and O–H groups in total. The van der Waals surface area contributed by atoms with E-state index in [9.17, 15) is 21.4 Å². The maximum atomic E-state index is 14.5. The van der Waals surface area contributed by atoms with Crippen molar-refractivity contribution < 1.29 is 40.6 Å². The molecule has 0 aromatic heterocycles. The predicted molar refractivity (Wildman–Crippen MR) is 232 cm³/mol. The van der Waals surface area contributed by atoms with Crippen LogP contribution in [0.2, 0.25) is 10.0 Å². The molecule has 0 saturated carbocycles. The van der Waals surface area contributed by atoms with Gasteiger partial charge in [0.25, 0.3) is 10.1 Å². The number of halogens is 2. The van der Waals surface area contributed by atoms with Crippen molar-refractivity contribution in [2.45, 2.75) is 90.9 Å². The number of hydrogen-bond donors (Lipinski definition) is 2. The minimum Gasteiger partial charge on any atom is -0.344 e. The minimum absolute atomic E-state index is 0.289. The second-order valence-corrected chi connectivity index (χ2v) is 20.5. The molecular formula is C41H54Cl2N3O8S3+. The Labute approximate surface area is 352 Å². The molecule has 16 heteroatoms. The molecule has 5 rings (SSSR count). The topological polar surface area (TPSA) is 137 Å². The first-order valence-corrected chi connectivity index (χ1v) is 24.0. The monoisotopic (exact) mass is 882 g/mol. The highest BCUT2D eigenvalue weighted by Crippen LogP contribution is 2.49. The maximum Gasteiger partial charge on any atom is 0.264 e. The van der Waals surface area contributed by atoms with Gasteiger partial charge >= 0.3 is 0 Å². The minimum atomic E-state index is -4.08. The van der Waals surface area contributed by atoms with Crippen molar-refractivity contribution in [3.63, 3.8) is 0 Å². The molecule has 0 unspecified atom stereocenters. The van der Waals surface area contributed by atoms with E-state index in [4.69, 9.17) is 28.5 Å². The molecule has 0 fully saturated rings. The van der Waals surface area contributed by atoms with E-state index in [2.05, 4.69) is 52.6 Å². The van der Waals surface area contributed by atoms with Gasteiger partial charge in [0.15, 0.2) is 5.71 Å². The van der Waals surface area contributed by atoms with Crippen LogP contribution in [0, 0.1) is 0 Å². The van der Waals surface area contributed by atoms with Gasteiger partial charge in [0.05, 0.1) is 16.1 Å². The third-order valence-electron chi connectivity index (χ3n) is 11.1. The summed E-state index contributed by atoms with van der Waals surface area (Å²) in [6.07, 6.45) is 11.5. The van der Waals surface area contributed by atoms with Crippen molar-refractivity contribution in [3.8, 4) is 0 Å². The molecule has 3 aliphatic rings. The lowest BCUT2D eigenvalue weighted by Gasteiger charge is -2.27. The van der Waals surface area contributed by atoms with Crippen LogP contribution in [0.3, 0.4) is 0 Å². The van der Waals surface area contributed by atoms with Crippen LogP contribution in [0.4, 0.5) is 11.4 Å². The van der Waals surface area contributed by atoms with Gasteiger partial charge in [-0.25, -0.2) is 13.7 Å². The molecule has 11 nitrogen and oxygen atoms in total. The fourth-order valence-electron chi connectivity index (χ4n) is 8.22. The number of fused-ring (bicyclic) bond motifs is 2. The molecule has 0 saturated heterocycles. The van der Waals surface area contributed by atoms with Gasteiger partial charge in [-0.3, -0.25) is 4.55 Å². The smallest absolute Gasteiger partial charge is 0.264 e. The SMILES string of the molecule is CCN(CC)S(=O)(=O)C1=C(/C=C/C2=[N+](CCCCSOOO)c3ccc(Cl)cc3C2(C)C)CC/C1=C\C=C1\N(CCCCS(=O)(=O)O)c2ccc(Cl)cc2C1(C)C. The first-order chi connectivity index (χ1) is 26.9. The van der Waals surface area contributed by atoms with Crippen molar-refractivity contribution in [1.82, 2.24) is 4.31 Å². The van der Waals surface area contributed by atoms with Crippen molar-refractivity contribution in [3.05, 3.63) is 104 Å². The van der Waals surface area contributed by atoms with Crippen LogP contribution in [0.25, 0.3) is 0 Å². The first kappa shape index (κ1) is 45.6. The molecule has 0 bridgehead atoms. The van der Waals surface area contributed by atoms with Crippen LogP contribution in [0.15, 0.2) is 82.5 Å². The third-order valence-corrected chi connectivity index (χ3v) is 15.2. The molecule has 2 heterocycles. The van der Waals surface area contributed by atoms with E-state index in [-0.39, 0.29) is 12.2 Å². The van der Waals surface area contributed by atoms with Crippen LogP contribution < -0.4 is 4.90 Å². The number of anilines is 1. The van der Waals surface area contributed by atoms with Crippen molar-refractivity contribution >= 4 is 72.5 Å². The highest BCUT2D eigenvalue weighted by molar-refractivity contribution is 7.94. The lowest BCUT2D eigenvalue weighted by Crippen LogP contribution is -2.32. The fourth-order valence-corrected chi connectivity index (χ4v) is 11.5. The highest BCUT2D eigenvalue weighted by atomic mass is 35.5. The van der Waals surface area contributed by atoms with Crippen LogP contribution in [0.1, 0.15) is 91.2 Å². The largest absolute Gasteiger partial charge is 0.344 e. The van der Waals surface area contributed by atoms with Gasteiger partial charge in [0.2, 0.25) is 15.7 Å². The first-order valence-electron chi connectivity index (χ1n) is 19.3. The molecule has 0 spiro atoms. The lowest BCUT2D eigenvalue weighted by molar-refractivity contribution is -0.438. The highest BCUT2D eigenvalue weighted by Gasteiger charge is 2.45. The Hall–Kier alpha value is -2.50. The second-order valence-electron chi connectivity index (χ2n) is 15.4. The zero-order chi connectivity index (χ0) is 41.8. The summed E-state index contributed by atoms with van der Waals surface area (Å²) >= 11 is 14.0. The van der Waals surface area contributed by atoms with E-state index in [1.807, 2.05) is 68.5 Å². The van der Waals surface area contributed by atoms with E-state index >= 15 is 0 Å². The van der Waals surface area contributed by atoms with Gasteiger partial charge in [0, 0.05) is 88.4 Å². The Bertz CT molecular complexity index is 2210. The Morgan fingerprint density at radius 2 is 1.58 bits per heavy atom. The van der Waals surface area contributed by atoms with Crippen LogP contribution in [0.5, 0.6) is 0 Å². The van der Waals surface area contributed by atoms with E-state index < -0.39 is 31.0 Å². The van der Waals surface area contributed by atoms with E-state index in [0.717, 1.165) is 69.9 Å². The summed E-state index contributed by atoms with van der Waals surface area (Å²) in [4.78, 5) is 2.47. The summed E-state index contributed by atoms with van der Waals surface area (Å²) in [5, 5.41) is 13.4. The number of rotatable bonds is 19. The zero-order valence-corrected chi connectivity index (χ0v) is 37.4. The van der Waals surface area contributed by atoms with Crippen molar-refractivity contribution in [2.24, 2.45) is 0 Å². The van der Waals surface area contributed by atoms with Crippen molar-refractivity contribution in [2.75, 3.05) is 42.6 Å². The molecule has 0 amide bonds. The molecule has 0 radical (unpaired) electrons. The number of nitrogens with zero attached hydrogens (tertiary/aromatic N) is 3. The number of hydrogen-bond acceptors (Lipinski definition) is 9. The quantitative estimate of drug-likeness (QED) is 0.0351. The summed E-state index contributed by atoms with van der Waals surface area (Å²) in [6.45, 7) is 14.1. The molecule has 2 aliphatic heterocycles. The Morgan fingerprint density at radius 1 is 0.895 bits per heavy atom. The van der Waals surface area contributed by atoms with Gasteiger partial charge in [-0.15, -0.1) is 4.33 Å². The molecule has 0 atom stereocenters. The predicted octanol–water partition coefficient (Wildman–Crippen LogP) is 9.77. The molecule has 2 aromatic carbocycles. The number of benzene rings is 2. The summed E-state index contributed by atoms with van der Waals surface area (Å²) < 4.78 is 69.6. The Morgan fingerprint density at radius 3 is 2.25 bits per heavy atom. The summed E-state index contributed by atoms with van der Waals surface area (Å²) in [5.74, 6) is 0.308. The summed E-state index contributed by atoms with van der Waals surface area (Å²) in [7, 11) is -7.96. The van der Waals surface area contributed by atoms with Gasteiger partial charge in [-0.1, -0.05) is 68.1 Å². The van der Waals surface area contributed by atoms with Crippen molar-refractivity contribution in [1.29, 1.82) is 0 Å². The van der Waals surface area contributed by atoms with E-state index in [0.29, 0.717) is 66.1 Å². The number of unbranched alkanes of at least 4 members (excludes halogenated alkanes) is 2. The summed E-state index contributed by atoms with van der Waals surface area (Å²) in [6, 6.07) is 11.7.